The van der Waals surface area contributed by atoms with Gasteiger partial charge in [-0.2, -0.15) is 5.26 Å². The summed E-state index contributed by atoms with van der Waals surface area (Å²) < 4.78 is 0. The predicted octanol–water partition coefficient (Wildman–Crippen LogP) is 3.69. The highest BCUT2D eigenvalue weighted by molar-refractivity contribution is 7.10. The first-order valence-corrected chi connectivity index (χ1v) is 9.13. The van der Waals surface area contributed by atoms with Crippen molar-refractivity contribution in [2.24, 2.45) is 5.92 Å². The minimum absolute atomic E-state index is 0.0856. The number of guanidine groups is 1. The number of rotatable bonds is 4. The molecule has 2 N–H and O–H groups in total. The third-order valence-electron chi connectivity index (χ3n) is 4.88. The van der Waals surface area contributed by atoms with Gasteiger partial charge in [0.2, 0.25) is 5.91 Å². The molecule has 0 radical (unpaired) electrons. The van der Waals surface area contributed by atoms with E-state index in [1.54, 1.807) is 30.5 Å². The lowest BCUT2D eigenvalue weighted by molar-refractivity contribution is -0.135. The number of amides is 1. The Balaban J connectivity index is 2.02. The van der Waals surface area contributed by atoms with Crippen LogP contribution in [0.3, 0.4) is 0 Å². The van der Waals surface area contributed by atoms with Crippen LogP contribution >= 0.6 is 11.3 Å². The average Bonchev–Trinajstić information content (AvgIpc) is 3.14. The number of nitriles is 1. The minimum Gasteiger partial charge on any atom is -0.345 e. The highest BCUT2D eigenvalue weighted by Crippen LogP contribution is 2.41. The summed E-state index contributed by atoms with van der Waals surface area (Å²) in [5, 5.41) is 22.5. The Morgan fingerprint density at radius 2 is 2.23 bits per heavy atom. The number of nitrogens with zero attached hydrogens (tertiary/aromatic N) is 2. The zero-order valence-electron chi connectivity index (χ0n) is 14.7. The van der Waals surface area contributed by atoms with E-state index in [0.29, 0.717) is 12.0 Å². The van der Waals surface area contributed by atoms with Crippen LogP contribution in [0, 0.1) is 22.7 Å². The molecule has 2 heterocycles. The van der Waals surface area contributed by atoms with Crippen LogP contribution in [0.1, 0.15) is 23.8 Å². The number of hydrogen-bond acceptors (Lipinski definition) is 4. The third kappa shape index (κ3) is 2.91. The van der Waals surface area contributed by atoms with E-state index in [-0.39, 0.29) is 17.8 Å². The van der Waals surface area contributed by atoms with Gasteiger partial charge in [0.25, 0.3) is 0 Å². The summed E-state index contributed by atoms with van der Waals surface area (Å²) >= 11 is 1.55. The summed E-state index contributed by atoms with van der Waals surface area (Å²) in [6.07, 6.45) is 2.27. The van der Waals surface area contributed by atoms with Crippen molar-refractivity contribution in [2.45, 2.75) is 18.9 Å². The molecular weight excluding hydrogens is 344 g/mol. The molecule has 1 aliphatic rings. The van der Waals surface area contributed by atoms with Crippen LogP contribution in [0.5, 0.6) is 0 Å². The Bertz CT molecular complexity index is 926. The summed E-state index contributed by atoms with van der Waals surface area (Å²) in [6, 6.07) is 11.6. The molecule has 0 bridgehead atoms. The normalized spacial score (nSPS) is 22.7. The topological polar surface area (TPSA) is 80.0 Å². The van der Waals surface area contributed by atoms with Crippen LogP contribution in [0.25, 0.3) is 11.1 Å². The van der Waals surface area contributed by atoms with E-state index in [1.165, 1.54) is 4.90 Å². The van der Waals surface area contributed by atoms with Gasteiger partial charge in [-0.15, -0.1) is 17.9 Å². The largest absolute Gasteiger partial charge is 0.345 e. The van der Waals surface area contributed by atoms with Gasteiger partial charge in [-0.1, -0.05) is 18.2 Å². The Labute approximate surface area is 157 Å². The SMILES string of the molecule is C=CCC1C(=O)N(C)C(=N)N[C@]1(C)c1cc(-c2cccc(C#N)c2)cs1. The maximum Gasteiger partial charge on any atom is 0.235 e. The minimum atomic E-state index is -0.676. The number of carbonyl (C=O) groups excluding carboxylic acids is 1. The average molecular weight is 364 g/mol. The molecule has 1 amide bonds. The molecule has 3 rings (SSSR count). The van der Waals surface area contributed by atoms with Gasteiger partial charge < -0.3 is 5.32 Å². The lowest BCUT2D eigenvalue weighted by Crippen LogP contribution is -2.63. The first-order chi connectivity index (χ1) is 12.4. The van der Waals surface area contributed by atoms with Crippen LogP contribution in [-0.4, -0.2) is 23.8 Å². The number of carbonyl (C=O) groups is 1. The molecular formula is C20H20N4OS. The lowest BCUT2D eigenvalue weighted by Gasteiger charge is -2.44. The molecule has 1 aromatic carbocycles. The van der Waals surface area contributed by atoms with Crippen molar-refractivity contribution < 1.29 is 4.79 Å². The van der Waals surface area contributed by atoms with Crippen molar-refractivity contribution in [3.8, 4) is 17.2 Å². The van der Waals surface area contributed by atoms with Crippen LogP contribution in [-0.2, 0) is 10.3 Å². The summed E-state index contributed by atoms with van der Waals surface area (Å²) in [4.78, 5) is 15.1. The van der Waals surface area contributed by atoms with E-state index in [0.717, 1.165) is 16.0 Å². The Kier molecular flexibility index (Phi) is 4.66. The van der Waals surface area contributed by atoms with E-state index in [9.17, 15) is 4.79 Å². The highest BCUT2D eigenvalue weighted by atomic mass is 32.1. The smallest absolute Gasteiger partial charge is 0.235 e. The molecule has 1 aliphatic heterocycles. The van der Waals surface area contributed by atoms with Crippen molar-refractivity contribution in [2.75, 3.05) is 7.05 Å². The number of hydrogen-bond donors (Lipinski definition) is 2. The van der Waals surface area contributed by atoms with E-state index in [1.807, 2.05) is 36.6 Å². The van der Waals surface area contributed by atoms with E-state index < -0.39 is 5.54 Å². The molecule has 5 nitrogen and oxygen atoms in total. The second kappa shape index (κ2) is 6.77. The molecule has 0 spiro atoms. The van der Waals surface area contributed by atoms with Gasteiger partial charge in [-0.3, -0.25) is 15.1 Å². The number of allylic oxidation sites excluding steroid dienone is 1. The third-order valence-corrected chi connectivity index (χ3v) is 6.05. The molecule has 1 fully saturated rings. The lowest BCUT2D eigenvalue weighted by atomic mass is 9.79. The van der Waals surface area contributed by atoms with Crippen LogP contribution < -0.4 is 5.32 Å². The van der Waals surface area contributed by atoms with E-state index >= 15 is 0 Å². The first-order valence-electron chi connectivity index (χ1n) is 8.25. The second-order valence-electron chi connectivity index (χ2n) is 6.54. The highest BCUT2D eigenvalue weighted by Gasteiger charge is 2.47. The summed E-state index contributed by atoms with van der Waals surface area (Å²) in [7, 11) is 1.61. The van der Waals surface area contributed by atoms with Gasteiger partial charge in [0.1, 0.15) is 0 Å². The summed E-state index contributed by atoms with van der Waals surface area (Å²) in [6.45, 7) is 5.75. The molecule has 1 aromatic heterocycles. The fourth-order valence-electron chi connectivity index (χ4n) is 3.27. The Morgan fingerprint density at radius 3 is 2.92 bits per heavy atom. The zero-order chi connectivity index (χ0) is 18.9. The Hall–Kier alpha value is -2.91. The number of nitrogens with one attached hydrogen (secondary N) is 2. The summed E-state index contributed by atoms with van der Waals surface area (Å²) in [5.74, 6) is -0.326. The monoisotopic (exact) mass is 364 g/mol. The molecule has 1 unspecified atom stereocenters. The summed E-state index contributed by atoms with van der Waals surface area (Å²) in [5.41, 5.74) is 1.90. The maximum absolute atomic E-state index is 12.7. The molecule has 0 saturated carbocycles. The van der Waals surface area contributed by atoms with Gasteiger partial charge in [-0.25, -0.2) is 0 Å². The standard InChI is InChI=1S/C20H20N4OS/c1-4-6-16-18(25)24(3)19(22)23-20(16,2)17-10-15(12-26-17)14-8-5-7-13(9-14)11-21/h4-5,7-10,12,16H,1,6H2,2-3H3,(H2,22,23)/t16?,20-/m0/s1. The van der Waals surface area contributed by atoms with E-state index in [2.05, 4.69) is 18.0 Å². The molecule has 6 heteroatoms. The molecule has 132 valence electrons. The molecule has 0 aliphatic carbocycles. The van der Waals surface area contributed by atoms with Gasteiger partial charge in [0, 0.05) is 11.9 Å². The van der Waals surface area contributed by atoms with Gasteiger partial charge in [-0.05, 0) is 48.1 Å². The number of thiophene rings is 1. The van der Waals surface area contributed by atoms with Gasteiger partial charge in [0.05, 0.1) is 23.1 Å². The quantitative estimate of drug-likeness (QED) is 0.812. The van der Waals surface area contributed by atoms with Crippen molar-refractivity contribution in [1.82, 2.24) is 10.2 Å². The van der Waals surface area contributed by atoms with Crippen molar-refractivity contribution in [1.29, 1.82) is 10.7 Å². The van der Waals surface area contributed by atoms with Crippen molar-refractivity contribution in [3.05, 3.63) is 58.8 Å². The van der Waals surface area contributed by atoms with Crippen molar-refractivity contribution in [3.63, 3.8) is 0 Å². The maximum atomic E-state index is 12.7. The fourth-order valence-corrected chi connectivity index (χ4v) is 4.36. The first kappa shape index (κ1) is 17.9. The van der Waals surface area contributed by atoms with Crippen LogP contribution in [0.4, 0.5) is 0 Å². The van der Waals surface area contributed by atoms with Crippen molar-refractivity contribution >= 4 is 23.2 Å². The van der Waals surface area contributed by atoms with E-state index in [4.69, 9.17) is 10.7 Å². The zero-order valence-corrected chi connectivity index (χ0v) is 15.6. The predicted molar refractivity (Wildman–Crippen MR) is 104 cm³/mol. The van der Waals surface area contributed by atoms with Crippen LogP contribution in [0.15, 0.2) is 48.4 Å². The number of benzene rings is 1. The molecule has 2 aromatic rings. The fraction of sp³-hybridized carbons (Fsp3) is 0.250. The Morgan fingerprint density at radius 1 is 1.46 bits per heavy atom. The molecule has 2 atom stereocenters. The molecule has 1 saturated heterocycles. The second-order valence-corrected chi connectivity index (χ2v) is 7.45. The van der Waals surface area contributed by atoms with Gasteiger partial charge in [0.15, 0.2) is 5.96 Å². The molecule has 26 heavy (non-hydrogen) atoms. The van der Waals surface area contributed by atoms with Gasteiger partial charge >= 0.3 is 0 Å². The van der Waals surface area contributed by atoms with Crippen LogP contribution in [0.2, 0.25) is 0 Å².